The van der Waals surface area contributed by atoms with Crippen molar-refractivity contribution in [1.82, 2.24) is 0 Å². The van der Waals surface area contributed by atoms with Gasteiger partial charge in [-0.2, -0.15) is 0 Å². The van der Waals surface area contributed by atoms with Crippen molar-refractivity contribution in [2.75, 3.05) is 14.2 Å². The molecule has 25 heavy (non-hydrogen) atoms. The van der Waals surface area contributed by atoms with E-state index < -0.39 is 11.9 Å². The van der Waals surface area contributed by atoms with Gasteiger partial charge in [0.15, 0.2) is 0 Å². The minimum Gasteiger partial charge on any atom is -0.486 e. The highest BCUT2D eigenvalue weighted by Crippen LogP contribution is 2.30. The maximum atomic E-state index is 11.9. The van der Waals surface area contributed by atoms with Crippen LogP contribution < -0.4 is 4.74 Å². The van der Waals surface area contributed by atoms with E-state index in [0.29, 0.717) is 33.8 Å². The molecule has 2 aromatic heterocycles. The van der Waals surface area contributed by atoms with Gasteiger partial charge in [-0.25, -0.2) is 9.59 Å². The van der Waals surface area contributed by atoms with Crippen molar-refractivity contribution in [1.29, 1.82) is 0 Å². The summed E-state index contributed by atoms with van der Waals surface area (Å²) in [6.45, 7) is 1.82. The number of esters is 2. The standard InChI is InChI=1S/C18H16O7/c1-10-16(18(20)22-3)13-8-11(4-6-14(13)24-10)23-9-12-5-7-15(25-12)17(19)21-2/h4-8H,9H2,1-3H3. The van der Waals surface area contributed by atoms with Gasteiger partial charge in [-0.3, -0.25) is 0 Å². The lowest BCUT2D eigenvalue weighted by molar-refractivity contribution is 0.0559. The molecule has 0 unspecified atom stereocenters. The molecule has 0 aliphatic heterocycles. The van der Waals surface area contributed by atoms with E-state index in [4.69, 9.17) is 18.3 Å². The molecule has 0 aliphatic carbocycles. The molecule has 0 atom stereocenters. The molecule has 0 radical (unpaired) electrons. The van der Waals surface area contributed by atoms with Crippen molar-refractivity contribution in [3.8, 4) is 5.75 Å². The maximum Gasteiger partial charge on any atom is 0.373 e. The van der Waals surface area contributed by atoms with Crippen LogP contribution in [-0.2, 0) is 16.1 Å². The third-order valence-electron chi connectivity index (χ3n) is 3.65. The van der Waals surface area contributed by atoms with Crippen LogP contribution in [0.2, 0.25) is 0 Å². The molecular formula is C18H16O7. The zero-order chi connectivity index (χ0) is 18.0. The van der Waals surface area contributed by atoms with Gasteiger partial charge in [-0.1, -0.05) is 0 Å². The Kier molecular flexibility index (Phi) is 4.47. The van der Waals surface area contributed by atoms with Crippen molar-refractivity contribution in [3.05, 3.63) is 53.2 Å². The highest BCUT2D eigenvalue weighted by Gasteiger charge is 2.19. The third kappa shape index (κ3) is 3.21. The molecule has 0 spiro atoms. The first-order valence-electron chi connectivity index (χ1n) is 7.44. The van der Waals surface area contributed by atoms with Crippen LogP contribution in [0.5, 0.6) is 5.75 Å². The fourth-order valence-corrected chi connectivity index (χ4v) is 2.46. The SMILES string of the molecule is COC(=O)c1ccc(COc2ccc3oc(C)c(C(=O)OC)c3c2)o1. The molecule has 3 aromatic rings. The third-order valence-corrected chi connectivity index (χ3v) is 3.65. The lowest BCUT2D eigenvalue weighted by atomic mass is 10.1. The number of aryl methyl sites for hydroxylation is 1. The first-order valence-corrected chi connectivity index (χ1v) is 7.44. The van der Waals surface area contributed by atoms with E-state index in [2.05, 4.69) is 4.74 Å². The number of hydrogen-bond acceptors (Lipinski definition) is 7. The Hall–Kier alpha value is -3.22. The molecule has 7 heteroatoms. The van der Waals surface area contributed by atoms with Crippen LogP contribution in [0, 0.1) is 6.92 Å². The summed E-state index contributed by atoms with van der Waals surface area (Å²) in [5, 5.41) is 0.608. The molecule has 130 valence electrons. The van der Waals surface area contributed by atoms with Crippen molar-refractivity contribution in [2.45, 2.75) is 13.5 Å². The van der Waals surface area contributed by atoms with Crippen molar-refractivity contribution in [3.63, 3.8) is 0 Å². The second kappa shape index (κ2) is 6.72. The van der Waals surface area contributed by atoms with Crippen LogP contribution in [0.15, 0.2) is 39.2 Å². The summed E-state index contributed by atoms with van der Waals surface area (Å²) < 4.78 is 25.9. The molecule has 3 rings (SSSR count). The number of methoxy groups -OCH3 is 2. The molecule has 0 fully saturated rings. The minimum atomic E-state index is -0.552. The Morgan fingerprint density at radius 1 is 1.00 bits per heavy atom. The van der Waals surface area contributed by atoms with Crippen molar-refractivity contribution in [2.24, 2.45) is 0 Å². The normalized spacial score (nSPS) is 10.7. The van der Waals surface area contributed by atoms with Gasteiger partial charge in [0.05, 0.1) is 14.2 Å². The summed E-state index contributed by atoms with van der Waals surface area (Å²) in [6, 6.07) is 8.28. The van der Waals surface area contributed by atoms with Crippen molar-refractivity contribution < 1.29 is 32.6 Å². The number of carbonyl (C=O) groups excluding carboxylic acids is 2. The molecule has 2 heterocycles. The number of fused-ring (bicyclic) bond motifs is 1. The summed E-state index contributed by atoms with van der Waals surface area (Å²) in [7, 11) is 2.60. The van der Waals surface area contributed by atoms with E-state index in [1.807, 2.05) is 0 Å². The number of furan rings is 2. The number of carbonyl (C=O) groups is 2. The Balaban J connectivity index is 1.81. The lowest BCUT2D eigenvalue weighted by Gasteiger charge is -2.04. The van der Waals surface area contributed by atoms with E-state index in [0.717, 1.165) is 0 Å². The molecule has 0 bridgehead atoms. The Bertz CT molecular complexity index is 932. The number of ether oxygens (including phenoxy) is 3. The predicted molar refractivity (Wildman–Crippen MR) is 86.7 cm³/mol. The molecule has 0 N–H and O–H groups in total. The van der Waals surface area contributed by atoms with E-state index in [1.165, 1.54) is 20.3 Å². The molecule has 7 nitrogen and oxygen atoms in total. The average Bonchev–Trinajstić information content (AvgIpc) is 3.22. The largest absolute Gasteiger partial charge is 0.486 e. The summed E-state index contributed by atoms with van der Waals surface area (Å²) in [5.74, 6) is 0.556. The number of hydrogen-bond donors (Lipinski definition) is 0. The predicted octanol–water partition coefficient (Wildman–Crippen LogP) is 3.49. The monoisotopic (exact) mass is 344 g/mol. The van der Waals surface area contributed by atoms with E-state index in [1.54, 1.807) is 31.2 Å². The Morgan fingerprint density at radius 3 is 2.48 bits per heavy atom. The van der Waals surface area contributed by atoms with Crippen LogP contribution in [0.4, 0.5) is 0 Å². The minimum absolute atomic E-state index is 0.106. The van der Waals surface area contributed by atoms with E-state index >= 15 is 0 Å². The van der Waals surface area contributed by atoms with Crippen molar-refractivity contribution >= 4 is 22.9 Å². The quantitative estimate of drug-likeness (QED) is 0.655. The summed E-state index contributed by atoms with van der Waals surface area (Å²) in [6.07, 6.45) is 0. The molecule has 0 saturated carbocycles. The molecule has 1 aromatic carbocycles. The maximum absolute atomic E-state index is 11.9. The molecule has 0 amide bonds. The second-order valence-corrected chi connectivity index (χ2v) is 5.23. The van der Waals surface area contributed by atoms with Gasteiger partial charge in [0.1, 0.15) is 35.0 Å². The van der Waals surface area contributed by atoms with Gasteiger partial charge in [0.2, 0.25) is 5.76 Å². The zero-order valence-corrected chi connectivity index (χ0v) is 14.0. The average molecular weight is 344 g/mol. The van der Waals surface area contributed by atoms with E-state index in [-0.39, 0.29) is 12.4 Å². The highest BCUT2D eigenvalue weighted by molar-refractivity contribution is 6.04. The fraction of sp³-hybridized carbons (Fsp3) is 0.222. The van der Waals surface area contributed by atoms with Gasteiger partial charge in [-0.05, 0) is 37.3 Å². The Morgan fingerprint density at radius 2 is 1.76 bits per heavy atom. The van der Waals surface area contributed by atoms with Gasteiger partial charge < -0.3 is 23.0 Å². The van der Waals surface area contributed by atoms with Crippen LogP contribution >= 0.6 is 0 Å². The smallest absolute Gasteiger partial charge is 0.373 e. The van der Waals surface area contributed by atoms with Crippen LogP contribution in [0.25, 0.3) is 11.0 Å². The molecular weight excluding hydrogens is 328 g/mol. The summed E-state index contributed by atoms with van der Waals surface area (Å²) in [4.78, 5) is 23.3. The summed E-state index contributed by atoms with van der Waals surface area (Å²) in [5.41, 5.74) is 0.935. The first-order chi connectivity index (χ1) is 12.0. The summed E-state index contributed by atoms with van der Waals surface area (Å²) >= 11 is 0. The first kappa shape index (κ1) is 16.6. The zero-order valence-electron chi connectivity index (χ0n) is 14.0. The molecule has 0 aliphatic rings. The lowest BCUT2D eigenvalue weighted by Crippen LogP contribution is -2.02. The van der Waals surface area contributed by atoms with Gasteiger partial charge in [0, 0.05) is 5.39 Å². The van der Waals surface area contributed by atoms with Crippen LogP contribution in [-0.4, -0.2) is 26.2 Å². The fourth-order valence-electron chi connectivity index (χ4n) is 2.46. The molecule has 0 saturated heterocycles. The topological polar surface area (TPSA) is 88.1 Å². The van der Waals surface area contributed by atoms with Gasteiger partial charge in [0.25, 0.3) is 0 Å². The number of rotatable bonds is 5. The number of benzene rings is 1. The van der Waals surface area contributed by atoms with Gasteiger partial charge in [-0.15, -0.1) is 0 Å². The van der Waals surface area contributed by atoms with Crippen LogP contribution in [0.1, 0.15) is 32.4 Å². The Labute approximate surface area is 143 Å². The van der Waals surface area contributed by atoms with Gasteiger partial charge >= 0.3 is 11.9 Å². The van der Waals surface area contributed by atoms with Crippen LogP contribution in [0.3, 0.4) is 0 Å². The second-order valence-electron chi connectivity index (χ2n) is 5.23. The highest BCUT2D eigenvalue weighted by atomic mass is 16.5. The van der Waals surface area contributed by atoms with E-state index in [9.17, 15) is 9.59 Å².